The highest BCUT2D eigenvalue weighted by atomic mass is 16.1. The fraction of sp³-hybridized carbons (Fsp3) is 0.739. The Kier molecular flexibility index (Phi) is 2.84. The van der Waals surface area contributed by atoms with Gasteiger partial charge < -0.3 is 0 Å². The molecule has 6 aliphatic carbocycles. The van der Waals surface area contributed by atoms with Gasteiger partial charge in [-0.25, -0.2) is 0 Å². The summed E-state index contributed by atoms with van der Waals surface area (Å²) in [6, 6.07) is 0. The maximum atomic E-state index is 13.2. The first-order valence-corrected chi connectivity index (χ1v) is 10.5. The van der Waals surface area contributed by atoms with Crippen LogP contribution in [0.1, 0.15) is 33.1 Å². The van der Waals surface area contributed by atoms with E-state index < -0.39 is 0 Å². The number of hydrogen-bond acceptors (Lipinski definition) is 2. The Balaban J connectivity index is 1.26. The highest BCUT2D eigenvalue weighted by molar-refractivity contribution is 5.91. The second-order valence-corrected chi connectivity index (χ2v) is 10.1. The standard InChI is InChI=1S/C23H28O2/c1-10-16(22(24)20-14-5-3-12(7-14)18(10)20)9-17-11(2)19-13-4-6-15(8-13)21(19)23(17)25/h3-6,10-21H,7-9H2,1-2H3/t10-,11-,12-,13-,14+,15+,16-,17-,18?,19?,20?,21?/m1/s1. The second kappa shape index (κ2) is 4.75. The van der Waals surface area contributed by atoms with E-state index in [-0.39, 0.29) is 23.7 Å². The Bertz CT molecular complexity index is 658. The Morgan fingerprint density at radius 2 is 1.12 bits per heavy atom. The van der Waals surface area contributed by atoms with Gasteiger partial charge in [-0.2, -0.15) is 0 Å². The zero-order chi connectivity index (χ0) is 17.0. The van der Waals surface area contributed by atoms with Gasteiger partial charge in [-0.1, -0.05) is 38.2 Å². The highest BCUT2D eigenvalue weighted by Gasteiger charge is 2.62. The summed E-state index contributed by atoms with van der Waals surface area (Å²) >= 11 is 0. The summed E-state index contributed by atoms with van der Waals surface area (Å²) in [6.07, 6.45) is 12.6. The molecule has 12 atom stereocenters. The maximum absolute atomic E-state index is 13.2. The molecule has 4 fully saturated rings. The van der Waals surface area contributed by atoms with Crippen LogP contribution in [0.3, 0.4) is 0 Å². The molecule has 4 saturated carbocycles. The van der Waals surface area contributed by atoms with E-state index >= 15 is 0 Å². The molecule has 4 bridgehead atoms. The number of carbonyl (C=O) groups is 2. The lowest BCUT2D eigenvalue weighted by atomic mass is 9.76. The molecule has 0 radical (unpaired) electrons. The first-order valence-electron chi connectivity index (χ1n) is 10.5. The van der Waals surface area contributed by atoms with Crippen LogP contribution in [0, 0.1) is 71.0 Å². The van der Waals surface area contributed by atoms with Gasteiger partial charge in [-0.05, 0) is 66.6 Å². The number of rotatable bonds is 2. The monoisotopic (exact) mass is 336 g/mol. The van der Waals surface area contributed by atoms with Crippen molar-refractivity contribution < 1.29 is 9.59 Å². The predicted molar refractivity (Wildman–Crippen MR) is 95.4 cm³/mol. The van der Waals surface area contributed by atoms with Gasteiger partial charge in [-0.15, -0.1) is 0 Å². The van der Waals surface area contributed by atoms with Gasteiger partial charge in [0.2, 0.25) is 0 Å². The van der Waals surface area contributed by atoms with Crippen molar-refractivity contribution in [3.05, 3.63) is 24.3 Å². The molecule has 0 aromatic carbocycles. The third kappa shape index (κ3) is 1.68. The van der Waals surface area contributed by atoms with Crippen LogP contribution >= 0.6 is 0 Å². The first-order chi connectivity index (χ1) is 12.1. The summed E-state index contributed by atoms with van der Waals surface area (Å²) in [5, 5.41) is 0. The van der Waals surface area contributed by atoms with Crippen molar-refractivity contribution in [3.63, 3.8) is 0 Å². The van der Waals surface area contributed by atoms with Gasteiger partial charge >= 0.3 is 0 Å². The molecule has 0 N–H and O–H groups in total. The number of allylic oxidation sites excluding steroid dienone is 4. The Hall–Kier alpha value is -1.18. The molecule has 0 heterocycles. The van der Waals surface area contributed by atoms with E-state index in [9.17, 15) is 9.59 Å². The first kappa shape index (κ1) is 14.9. The van der Waals surface area contributed by atoms with E-state index in [0.717, 1.165) is 6.42 Å². The maximum Gasteiger partial charge on any atom is 0.140 e. The van der Waals surface area contributed by atoms with Gasteiger partial charge in [-0.3, -0.25) is 9.59 Å². The van der Waals surface area contributed by atoms with Crippen molar-refractivity contribution in [3.8, 4) is 0 Å². The lowest BCUT2D eigenvalue weighted by Gasteiger charge is -2.27. The summed E-state index contributed by atoms with van der Waals surface area (Å²) in [5.41, 5.74) is 0. The van der Waals surface area contributed by atoms with Crippen molar-refractivity contribution in [2.45, 2.75) is 33.1 Å². The van der Waals surface area contributed by atoms with Crippen LogP contribution in [0.15, 0.2) is 24.3 Å². The predicted octanol–water partition coefficient (Wildman–Crippen LogP) is 3.92. The van der Waals surface area contributed by atoms with Gasteiger partial charge in [0, 0.05) is 23.7 Å². The molecule has 2 heteroatoms. The number of fused-ring (bicyclic) bond motifs is 10. The Morgan fingerprint density at radius 1 is 0.720 bits per heavy atom. The summed E-state index contributed by atoms with van der Waals surface area (Å²) in [6.45, 7) is 4.61. The molecule has 0 aliphatic heterocycles. The summed E-state index contributed by atoms with van der Waals surface area (Å²) in [4.78, 5) is 26.4. The van der Waals surface area contributed by atoms with Crippen LogP contribution in [0.25, 0.3) is 0 Å². The average molecular weight is 336 g/mol. The molecule has 0 aromatic rings. The third-order valence-electron chi connectivity index (χ3n) is 9.42. The molecule has 4 unspecified atom stereocenters. The Labute approximate surface area is 150 Å². The molecular weight excluding hydrogens is 308 g/mol. The topological polar surface area (TPSA) is 34.1 Å². The minimum Gasteiger partial charge on any atom is -0.299 e. The SMILES string of the molecule is C[C@H]1C2C(C(=O)[C@@H]1C[C@H]1C(=O)C3C([C@@H]4C=C[C@H]3C4)[C@@H]1C)[C@H]1C=C[C@@H]2C1. The number of Topliss-reactive ketones (excluding diaryl/α,β-unsaturated/α-hetero) is 2. The van der Waals surface area contributed by atoms with Crippen LogP contribution in [0.2, 0.25) is 0 Å². The molecule has 0 aromatic heterocycles. The van der Waals surface area contributed by atoms with E-state index in [1.807, 2.05) is 0 Å². The van der Waals surface area contributed by atoms with E-state index in [1.165, 1.54) is 12.8 Å². The summed E-state index contributed by atoms with van der Waals surface area (Å²) < 4.78 is 0. The molecule has 25 heavy (non-hydrogen) atoms. The quantitative estimate of drug-likeness (QED) is 0.716. The second-order valence-electron chi connectivity index (χ2n) is 10.1. The van der Waals surface area contributed by atoms with Crippen molar-refractivity contribution >= 4 is 11.6 Å². The van der Waals surface area contributed by atoms with E-state index in [1.54, 1.807) is 0 Å². The van der Waals surface area contributed by atoms with Gasteiger partial charge in [0.15, 0.2) is 0 Å². The third-order valence-corrected chi connectivity index (χ3v) is 9.42. The molecule has 2 nitrogen and oxygen atoms in total. The van der Waals surface area contributed by atoms with Crippen LogP contribution in [-0.2, 0) is 9.59 Å². The minimum atomic E-state index is 0.140. The van der Waals surface area contributed by atoms with Crippen molar-refractivity contribution in [1.82, 2.24) is 0 Å². The van der Waals surface area contributed by atoms with Crippen molar-refractivity contribution in [2.75, 3.05) is 0 Å². The molecule has 0 spiro atoms. The zero-order valence-electron chi connectivity index (χ0n) is 15.2. The van der Waals surface area contributed by atoms with Crippen molar-refractivity contribution in [2.24, 2.45) is 71.0 Å². The van der Waals surface area contributed by atoms with E-state index in [2.05, 4.69) is 38.2 Å². The lowest BCUT2D eigenvalue weighted by Crippen LogP contribution is -2.27. The molecular formula is C23H28O2. The van der Waals surface area contributed by atoms with Crippen LogP contribution in [0.5, 0.6) is 0 Å². The molecule has 6 aliphatic rings. The average Bonchev–Trinajstić information content (AvgIpc) is 3.40. The van der Waals surface area contributed by atoms with Crippen LogP contribution < -0.4 is 0 Å². The minimum absolute atomic E-state index is 0.140. The van der Waals surface area contributed by atoms with Gasteiger partial charge in [0.1, 0.15) is 11.6 Å². The van der Waals surface area contributed by atoms with Crippen LogP contribution in [0.4, 0.5) is 0 Å². The largest absolute Gasteiger partial charge is 0.299 e. The van der Waals surface area contributed by atoms with E-state index in [4.69, 9.17) is 0 Å². The lowest BCUT2D eigenvalue weighted by molar-refractivity contribution is -0.128. The van der Waals surface area contributed by atoms with E-state index in [0.29, 0.717) is 58.9 Å². The fourth-order valence-electron chi connectivity index (χ4n) is 8.44. The summed E-state index contributed by atoms with van der Waals surface area (Å²) in [7, 11) is 0. The number of hydrogen-bond donors (Lipinski definition) is 0. The smallest absolute Gasteiger partial charge is 0.140 e. The molecule has 132 valence electrons. The fourth-order valence-corrected chi connectivity index (χ4v) is 8.44. The van der Waals surface area contributed by atoms with Crippen LogP contribution in [-0.4, -0.2) is 11.6 Å². The number of ketones is 2. The molecule has 0 saturated heterocycles. The molecule has 0 amide bonds. The van der Waals surface area contributed by atoms with Gasteiger partial charge in [0.25, 0.3) is 0 Å². The zero-order valence-corrected chi connectivity index (χ0v) is 15.2. The normalized spacial score (nSPS) is 60.1. The highest BCUT2D eigenvalue weighted by Crippen LogP contribution is 2.62. The van der Waals surface area contributed by atoms with Crippen molar-refractivity contribution in [1.29, 1.82) is 0 Å². The molecule has 6 rings (SSSR count). The van der Waals surface area contributed by atoms with Gasteiger partial charge in [0.05, 0.1) is 0 Å². The number of carbonyl (C=O) groups excluding carboxylic acids is 2. The Morgan fingerprint density at radius 3 is 1.52 bits per heavy atom. The summed E-state index contributed by atoms with van der Waals surface area (Å²) in [5.74, 6) is 6.19.